The van der Waals surface area contributed by atoms with E-state index in [4.69, 9.17) is 9.47 Å². The van der Waals surface area contributed by atoms with Crippen molar-refractivity contribution >= 4 is 22.4 Å². The van der Waals surface area contributed by atoms with E-state index in [1.165, 1.54) is 11.3 Å². The van der Waals surface area contributed by atoms with Gasteiger partial charge in [-0.25, -0.2) is 0 Å². The molecule has 0 radical (unpaired) electrons. The van der Waals surface area contributed by atoms with Crippen LogP contribution in [0.5, 0.6) is 11.5 Å². The molecule has 0 saturated heterocycles. The van der Waals surface area contributed by atoms with E-state index < -0.39 is 0 Å². The largest absolute Gasteiger partial charge is 0.493 e. The number of hydrogen-bond acceptors (Lipinski definition) is 6. The molecule has 7 heteroatoms. The van der Waals surface area contributed by atoms with Crippen LogP contribution in [0.4, 0.5) is 5.13 Å². The summed E-state index contributed by atoms with van der Waals surface area (Å²) in [6.07, 6.45) is 1.19. The van der Waals surface area contributed by atoms with Gasteiger partial charge in [-0.3, -0.25) is 4.79 Å². The smallest absolute Gasteiger partial charge is 0.230 e. The predicted molar refractivity (Wildman–Crippen MR) is 95.1 cm³/mol. The van der Waals surface area contributed by atoms with Gasteiger partial charge in [0.05, 0.1) is 20.6 Å². The summed E-state index contributed by atoms with van der Waals surface area (Å²) in [6.45, 7) is 6.34. The second kappa shape index (κ2) is 7.61. The number of methoxy groups -OCH3 is 2. The van der Waals surface area contributed by atoms with Crippen LogP contribution in [0.2, 0.25) is 0 Å². The van der Waals surface area contributed by atoms with Crippen LogP contribution in [0.15, 0.2) is 18.2 Å². The molecule has 1 heterocycles. The van der Waals surface area contributed by atoms with Crippen molar-refractivity contribution in [2.75, 3.05) is 19.5 Å². The van der Waals surface area contributed by atoms with Crippen molar-refractivity contribution in [3.8, 4) is 11.5 Å². The minimum Gasteiger partial charge on any atom is -0.493 e. The van der Waals surface area contributed by atoms with Gasteiger partial charge in [0.15, 0.2) is 11.5 Å². The highest BCUT2D eigenvalue weighted by Gasteiger charge is 2.23. The molecule has 0 fully saturated rings. The monoisotopic (exact) mass is 349 g/mol. The normalized spacial score (nSPS) is 11.2. The molecule has 0 bridgehead atoms. The van der Waals surface area contributed by atoms with E-state index in [2.05, 4.69) is 36.3 Å². The maximum Gasteiger partial charge on any atom is 0.230 e. The lowest BCUT2D eigenvalue weighted by Gasteiger charge is -2.17. The first-order valence-electron chi connectivity index (χ1n) is 7.74. The number of anilines is 1. The number of ether oxygens (including phenoxy) is 2. The number of nitrogens with zero attached hydrogens (tertiary/aromatic N) is 2. The Labute approximate surface area is 146 Å². The fraction of sp³-hybridized carbons (Fsp3) is 0.471. The zero-order valence-corrected chi connectivity index (χ0v) is 15.5. The summed E-state index contributed by atoms with van der Waals surface area (Å²) in [4.78, 5) is 12.2. The van der Waals surface area contributed by atoms with Crippen LogP contribution in [0.3, 0.4) is 0 Å². The number of carbonyl (C=O) groups is 1. The Morgan fingerprint density at radius 1 is 1.21 bits per heavy atom. The van der Waals surface area contributed by atoms with Crippen molar-refractivity contribution in [1.29, 1.82) is 0 Å². The number of carbonyl (C=O) groups excluding carboxylic acids is 1. The highest BCUT2D eigenvalue weighted by molar-refractivity contribution is 7.15. The van der Waals surface area contributed by atoms with Crippen molar-refractivity contribution < 1.29 is 14.3 Å². The first-order valence-corrected chi connectivity index (χ1v) is 8.56. The van der Waals surface area contributed by atoms with E-state index in [1.807, 2.05) is 6.07 Å². The number of amides is 1. The SMILES string of the molecule is CCC(C)(C)c1nnc(NC(=O)Cc2ccc(OC)c(OC)c2)s1. The van der Waals surface area contributed by atoms with Crippen molar-refractivity contribution in [2.24, 2.45) is 0 Å². The van der Waals surface area contributed by atoms with Crippen molar-refractivity contribution in [3.63, 3.8) is 0 Å². The van der Waals surface area contributed by atoms with Crippen molar-refractivity contribution in [3.05, 3.63) is 28.8 Å². The van der Waals surface area contributed by atoms with Gasteiger partial charge in [0, 0.05) is 5.41 Å². The van der Waals surface area contributed by atoms with Gasteiger partial charge in [0.1, 0.15) is 5.01 Å². The van der Waals surface area contributed by atoms with Crippen LogP contribution in [-0.2, 0) is 16.6 Å². The fourth-order valence-electron chi connectivity index (χ4n) is 2.04. The van der Waals surface area contributed by atoms with Crippen LogP contribution >= 0.6 is 11.3 Å². The average Bonchev–Trinajstić information content (AvgIpc) is 3.03. The molecule has 1 amide bonds. The molecule has 0 aliphatic heterocycles. The Morgan fingerprint density at radius 2 is 1.92 bits per heavy atom. The number of nitrogens with one attached hydrogen (secondary N) is 1. The average molecular weight is 349 g/mol. The first kappa shape index (κ1) is 18.2. The molecule has 1 aromatic carbocycles. The Balaban J connectivity index is 2.04. The topological polar surface area (TPSA) is 73.3 Å². The lowest BCUT2D eigenvalue weighted by molar-refractivity contribution is -0.115. The Morgan fingerprint density at radius 3 is 2.54 bits per heavy atom. The molecule has 0 unspecified atom stereocenters. The zero-order chi connectivity index (χ0) is 17.7. The Bertz CT molecular complexity index is 713. The van der Waals surface area contributed by atoms with Crippen LogP contribution in [0, 0.1) is 0 Å². The standard InChI is InChI=1S/C17H23N3O3S/c1-6-17(2,3)15-19-20-16(24-15)18-14(21)10-11-7-8-12(22-4)13(9-11)23-5/h7-9H,6,10H2,1-5H3,(H,18,20,21). The Kier molecular flexibility index (Phi) is 5.77. The highest BCUT2D eigenvalue weighted by Crippen LogP contribution is 2.31. The van der Waals surface area contributed by atoms with Crippen LogP contribution < -0.4 is 14.8 Å². The molecule has 0 saturated carbocycles. The maximum atomic E-state index is 12.2. The maximum absolute atomic E-state index is 12.2. The molecule has 24 heavy (non-hydrogen) atoms. The van der Waals surface area contributed by atoms with Gasteiger partial charge in [0.2, 0.25) is 11.0 Å². The Hall–Kier alpha value is -2.15. The molecule has 0 aliphatic rings. The summed E-state index contributed by atoms with van der Waals surface area (Å²) < 4.78 is 10.4. The van der Waals surface area contributed by atoms with E-state index in [-0.39, 0.29) is 17.7 Å². The predicted octanol–water partition coefficient (Wildman–Crippen LogP) is 3.42. The molecular formula is C17H23N3O3S. The summed E-state index contributed by atoms with van der Waals surface area (Å²) in [5, 5.41) is 12.5. The fourth-order valence-corrected chi connectivity index (χ4v) is 2.97. The summed E-state index contributed by atoms with van der Waals surface area (Å²) in [6, 6.07) is 5.42. The number of benzene rings is 1. The molecule has 2 aromatic rings. The zero-order valence-electron chi connectivity index (χ0n) is 14.7. The van der Waals surface area contributed by atoms with E-state index >= 15 is 0 Å². The first-order chi connectivity index (χ1) is 11.4. The second-order valence-electron chi connectivity index (χ2n) is 6.06. The third-order valence-corrected chi connectivity index (χ3v) is 5.15. The van der Waals surface area contributed by atoms with E-state index in [1.54, 1.807) is 26.4 Å². The lowest BCUT2D eigenvalue weighted by atomic mass is 9.91. The molecule has 2 rings (SSSR count). The van der Waals surface area contributed by atoms with Crippen molar-refractivity contribution in [1.82, 2.24) is 10.2 Å². The molecule has 0 atom stereocenters. The van der Waals surface area contributed by atoms with E-state index in [9.17, 15) is 4.79 Å². The molecule has 130 valence electrons. The summed E-state index contributed by atoms with van der Waals surface area (Å²) in [5.74, 6) is 1.10. The van der Waals surface area contributed by atoms with E-state index in [0.29, 0.717) is 16.6 Å². The molecule has 6 nitrogen and oxygen atoms in total. The third-order valence-electron chi connectivity index (χ3n) is 3.95. The molecular weight excluding hydrogens is 326 g/mol. The van der Waals surface area contributed by atoms with Gasteiger partial charge in [-0.2, -0.15) is 0 Å². The van der Waals surface area contributed by atoms with Gasteiger partial charge in [0.25, 0.3) is 0 Å². The van der Waals surface area contributed by atoms with Gasteiger partial charge in [-0.15, -0.1) is 10.2 Å². The van der Waals surface area contributed by atoms with Gasteiger partial charge < -0.3 is 14.8 Å². The third kappa shape index (κ3) is 4.23. The minimum atomic E-state index is -0.140. The number of hydrogen-bond donors (Lipinski definition) is 1. The summed E-state index contributed by atoms with van der Waals surface area (Å²) in [7, 11) is 3.15. The minimum absolute atomic E-state index is 0.0377. The van der Waals surface area contributed by atoms with Crippen LogP contribution in [0.1, 0.15) is 37.8 Å². The highest BCUT2D eigenvalue weighted by atomic mass is 32.1. The molecule has 1 N–H and O–H groups in total. The lowest BCUT2D eigenvalue weighted by Crippen LogP contribution is -2.15. The molecule has 1 aromatic heterocycles. The van der Waals surface area contributed by atoms with Crippen LogP contribution in [0.25, 0.3) is 0 Å². The van der Waals surface area contributed by atoms with Crippen molar-refractivity contribution in [2.45, 2.75) is 39.0 Å². The van der Waals surface area contributed by atoms with Crippen LogP contribution in [-0.4, -0.2) is 30.3 Å². The molecule has 0 spiro atoms. The van der Waals surface area contributed by atoms with E-state index in [0.717, 1.165) is 17.0 Å². The summed E-state index contributed by atoms with van der Waals surface area (Å²) in [5.41, 5.74) is 0.799. The number of aromatic nitrogens is 2. The second-order valence-corrected chi connectivity index (χ2v) is 7.04. The van der Waals surface area contributed by atoms with Gasteiger partial charge >= 0.3 is 0 Å². The van der Waals surface area contributed by atoms with Gasteiger partial charge in [-0.1, -0.05) is 38.2 Å². The molecule has 0 aliphatic carbocycles. The quantitative estimate of drug-likeness (QED) is 0.829. The summed E-state index contributed by atoms with van der Waals surface area (Å²) >= 11 is 1.42. The number of rotatable bonds is 7. The van der Waals surface area contributed by atoms with Gasteiger partial charge in [-0.05, 0) is 24.1 Å².